The van der Waals surface area contributed by atoms with Gasteiger partial charge in [0.05, 0.1) is 76.9 Å². The lowest BCUT2D eigenvalue weighted by atomic mass is 10.1. The Labute approximate surface area is 793 Å². The summed E-state index contributed by atoms with van der Waals surface area (Å²) in [6.07, 6.45) is 3.99. The number of nitrogens with one attached hydrogen (secondary N) is 3. The quantitative estimate of drug-likeness (QED) is 0.0718. The molecule has 19 rings (SSSR count). The van der Waals surface area contributed by atoms with E-state index in [4.69, 9.17) is 8.83 Å². The number of aryl methyl sites for hydroxylation is 6. The zero-order valence-electron chi connectivity index (χ0n) is 75.9. The summed E-state index contributed by atoms with van der Waals surface area (Å²) in [6.45, 7) is 10.6. The summed E-state index contributed by atoms with van der Waals surface area (Å²) in [6, 6.07) is 69.7. The van der Waals surface area contributed by atoms with Gasteiger partial charge < -0.3 is 66.3 Å². The summed E-state index contributed by atoms with van der Waals surface area (Å²) in [5.74, 6) is 0.0799. The number of piperazine rings is 4. The van der Waals surface area contributed by atoms with Crippen molar-refractivity contribution in [1.29, 1.82) is 0 Å². The number of nitrogens with zero attached hydrogens (tertiary/aromatic N) is 12. The van der Waals surface area contributed by atoms with Crippen LogP contribution in [0.1, 0.15) is 52.3 Å². The molecule has 0 saturated carbocycles. The predicted molar refractivity (Wildman–Crippen MR) is 532 cm³/mol. The Morgan fingerprint density at radius 3 is 0.920 bits per heavy atom. The fourth-order valence-corrected chi connectivity index (χ4v) is 22.3. The molecule has 11 heterocycles. The molecule has 0 unspecified atom stereocenters. The molecule has 33 nitrogen and oxygen atoms in total. The van der Waals surface area contributed by atoms with Gasteiger partial charge in [-0.05, 0) is 122 Å². The lowest BCUT2D eigenvalue weighted by molar-refractivity contribution is 0.0708. The molecule has 4 saturated heterocycles. The average Bonchev–Trinajstić information content (AvgIpc) is 1.08. The van der Waals surface area contributed by atoms with Gasteiger partial charge in [0, 0.05) is 166 Å². The lowest BCUT2D eigenvalue weighted by Crippen LogP contribution is -2.49. The molecule has 0 aliphatic carbocycles. The highest BCUT2D eigenvalue weighted by molar-refractivity contribution is 7.93. The third-order valence-electron chi connectivity index (χ3n) is 24.6. The molecule has 15 aromatic rings. The molecule has 4 amide bonds. The largest absolute Gasteiger partial charge is 0.459 e. The molecule has 4 aliphatic rings. The first-order valence-corrected chi connectivity index (χ1v) is 51.2. The van der Waals surface area contributed by atoms with Crippen LogP contribution >= 0.6 is 11.3 Å². The minimum Gasteiger partial charge on any atom is -0.459 e. The highest BCUT2D eigenvalue weighted by atomic mass is 32.2. The Kier molecular flexibility index (Phi) is 27.8. The van der Waals surface area contributed by atoms with Crippen LogP contribution in [0.5, 0.6) is 0 Å². The molecule has 3 N–H and O–H groups in total. The van der Waals surface area contributed by atoms with E-state index in [0.717, 1.165) is 33.5 Å². The van der Waals surface area contributed by atoms with E-state index >= 15 is 0 Å². The van der Waals surface area contributed by atoms with Crippen LogP contribution in [0.15, 0.2) is 308 Å². The SMILES string of the molecule is Cc1ccc(S(=O)(=O)Nc2c(N3CCN(C(=O)c4ccco4)CC3)c3ccccc3n(C)c2=O)cc1.Cc1ccc(S(=O)(=O)Nc2c(N3CCN(C(=O)c4cccs4)CC3)c3ccccc3n(C)c2=O)cc1.Cn1c(=O)c(NS(=O)(=O)c2ccccc2)c(N2CCN(C(=O)c3ccco3)CC2)c2ccccc21.Cn1c(=O)c(S(C)(=O)=O)c(N2CCN(C(=O)c3ccccc3)CC2)c2ccccc21. The first-order chi connectivity index (χ1) is 65.7. The van der Waals surface area contributed by atoms with Crippen LogP contribution in [0.2, 0.25) is 0 Å². The number of hydrogen-bond acceptors (Lipinski definition) is 23. The maximum atomic E-state index is 13.5. The van der Waals surface area contributed by atoms with Gasteiger partial charge in [-0.1, -0.05) is 151 Å². The summed E-state index contributed by atoms with van der Waals surface area (Å²) in [7, 11) is -9.32. The van der Waals surface area contributed by atoms with Crippen molar-refractivity contribution < 1.29 is 61.7 Å². The van der Waals surface area contributed by atoms with E-state index in [1.54, 1.807) is 127 Å². The molecule has 0 atom stereocenters. The van der Waals surface area contributed by atoms with Crippen LogP contribution in [0.3, 0.4) is 0 Å². The van der Waals surface area contributed by atoms with Gasteiger partial charge in [-0.25, -0.2) is 33.7 Å². The summed E-state index contributed by atoms with van der Waals surface area (Å²) in [5.41, 5.74) is 5.34. The Morgan fingerprint density at radius 2 is 0.599 bits per heavy atom. The van der Waals surface area contributed by atoms with Crippen molar-refractivity contribution in [1.82, 2.24) is 37.9 Å². The van der Waals surface area contributed by atoms with E-state index in [9.17, 15) is 72.0 Å². The molecule has 4 aliphatic heterocycles. The molecule has 0 spiro atoms. The van der Waals surface area contributed by atoms with Gasteiger partial charge in [0.25, 0.3) is 75.9 Å². The summed E-state index contributed by atoms with van der Waals surface area (Å²) in [4.78, 5) is 120. The normalized spacial score (nSPS) is 14.4. The molecule has 137 heavy (non-hydrogen) atoms. The van der Waals surface area contributed by atoms with Crippen molar-refractivity contribution in [2.75, 3.05) is 145 Å². The zero-order valence-corrected chi connectivity index (χ0v) is 80.0. The number of aromatic nitrogens is 4. The van der Waals surface area contributed by atoms with Gasteiger partial charge in [-0.15, -0.1) is 11.3 Å². The number of amides is 4. The van der Waals surface area contributed by atoms with Crippen molar-refractivity contribution in [3.63, 3.8) is 0 Å². The van der Waals surface area contributed by atoms with Crippen LogP contribution in [0, 0.1) is 13.8 Å². The standard InChI is InChI=1S/C26H26N4O5S.C26H26N4O4S2.C25H24N4O5S.C22H23N3O4S/c2*1-18-9-11-19(12-10-18)36(33,34)27-23-24(20-6-3-4-7-21(20)28(2)26(23)32)29-13-15-30(16-14-29)25(31)22-8-5-17-35-22;1-27-20-11-6-5-10-19(20)23(22(25(27)31)26-35(32,33)18-8-3-2-4-9-18)28-13-15-29(16-14-28)24(30)21-12-7-17-34-21;1-23-18-11-7-6-10-17(18)19(20(22(23)27)30(2,28)29)24-12-14-25(15-13-24)21(26)16-8-4-3-5-9-16/h2*3-12,17,27H,13-16H2,1-2H3;2-12,17,26H,13-16H2,1H3;3-11H,12-15H2,1-2H3. The van der Waals surface area contributed by atoms with Crippen LogP contribution in [0.4, 0.5) is 39.8 Å². The van der Waals surface area contributed by atoms with E-state index in [-0.39, 0.29) is 71.8 Å². The Morgan fingerprint density at radius 1 is 0.307 bits per heavy atom. The number of sulfonamides is 3. The molecule has 8 aromatic carbocycles. The van der Waals surface area contributed by atoms with Crippen LogP contribution in [-0.4, -0.2) is 206 Å². The second kappa shape index (κ2) is 40.0. The van der Waals surface area contributed by atoms with Gasteiger partial charge in [-0.3, -0.25) is 52.5 Å². The van der Waals surface area contributed by atoms with Crippen molar-refractivity contribution in [3.8, 4) is 0 Å². The first kappa shape index (κ1) is 95.3. The third kappa shape index (κ3) is 20.0. The zero-order chi connectivity index (χ0) is 96.9. The van der Waals surface area contributed by atoms with Crippen molar-refractivity contribution in [3.05, 3.63) is 335 Å². The summed E-state index contributed by atoms with van der Waals surface area (Å²) in [5, 5.41) is 4.84. The van der Waals surface area contributed by atoms with Gasteiger partial charge in [0.1, 0.15) is 17.1 Å². The Bertz CT molecular complexity index is 7590. The fourth-order valence-electron chi connectivity index (χ4n) is 17.4. The fraction of sp³-hybridized carbons (Fsp3) is 0.232. The summed E-state index contributed by atoms with van der Waals surface area (Å²) < 4.78 is 129. The van der Waals surface area contributed by atoms with Crippen LogP contribution < -0.4 is 56.0 Å². The second-order valence-corrected chi connectivity index (χ2v) is 41.3. The van der Waals surface area contributed by atoms with Crippen molar-refractivity contribution in [2.24, 2.45) is 28.2 Å². The predicted octanol–water partition coefficient (Wildman–Crippen LogP) is 11.7. The highest BCUT2D eigenvalue weighted by Gasteiger charge is 2.36. The number of carbonyl (C=O) groups is 4. The number of furan rings is 2. The summed E-state index contributed by atoms with van der Waals surface area (Å²) >= 11 is 1.41. The lowest BCUT2D eigenvalue weighted by Gasteiger charge is -2.37. The second-order valence-electron chi connectivity index (χ2n) is 33.3. The number of benzene rings is 8. The maximum Gasteiger partial charge on any atom is 0.289 e. The molecule has 7 aromatic heterocycles. The number of fused-ring (bicyclic) bond motifs is 4. The van der Waals surface area contributed by atoms with Crippen molar-refractivity contribution >= 4 is 158 Å². The van der Waals surface area contributed by atoms with E-state index in [2.05, 4.69) is 14.2 Å². The van der Waals surface area contributed by atoms with Crippen LogP contribution in [0.25, 0.3) is 43.6 Å². The van der Waals surface area contributed by atoms with E-state index in [1.807, 2.05) is 166 Å². The first-order valence-electron chi connectivity index (χ1n) is 43.9. The van der Waals surface area contributed by atoms with Crippen molar-refractivity contribution in [2.45, 2.75) is 33.4 Å². The van der Waals surface area contributed by atoms with Gasteiger partial charge in [0.2, 0.25) is 0 Å². The highest BCUT2D eigenvalue weighted by Crippen LogP contribution is 2.40. The minimum absolute atomic E-state index is 0.00908. The molecule has 38 heteroatoms. The third-order valence-corrected chi connectivity index (χ3v) is 30.7. The van der Waals surface area contributed by atoms with Crippen LogP contribution in [-0.2, 0) is 68.1 Å². The smallest absolute Gasteiger partial charge is 0.289 e. The number of para-hydroxylation sites is 4. The molecular weight excluding hydrogens is 1850 g/mol. The molecule has 4 fully saturated rings. The minimum atomic E-state index is -4.02. The Hall–Kier alpha value is -14.9. The number of carbonyl (C=O) groups excluding carboxylic acids is 4. The van der Waals surface area contributed by atoms with Gasteiger partial charge >= 0.3 is 0 Å². The van der Waals surface area contributed by atoms with E-state index < -0.39 is 62.1 Å². The van der Waals surface area contributed by atoms with Gasteiger partial charge in [0.15, 0.2) is 26.3 Å². The van der Waals surface area contributed by atoms with E-state index in [1.165, 1.54) is 78.5 Å². The number of anilines is 7. The number of thiophene rings is 1. The molecule has 708 valence electrons. The monoisotopic (exact) mass is 1950 g/mol. The molecular formula is C99H99N15O18S5. The van der Waals surface area contributed by atoms with Gasteiger partial charge in [-0.2, -0.15) is 0 Å². The number of pyridine rings is 4. The Balaban J connectivity index is 0.000000133. The number of hydrogen-bond donors (Lipinski definition) is 3. The molecule has 0 bridgehead atoms. The average molecular weight is 1950 g/mol. The topological polar surface area (TPSA) is 381 Å². The molecule has 0 radical (unpaired) electrons. The maximum absolute atomic E-state index is 13.5. The number of sulfone groups is 1. The number of rotatable bonds is 18. The van der Waals surface area contributed by atoms with E-state index in [0.29, 0.717) is 165 Å².